The minimum atomic E-state index is -3.71. The number of nitrogens with one attached hydrogen (secondary N) is 1. The Labute approximate surface area is 188 Å². The Bertz CT molecular complexity index is 1210. The number of ether oxygens (including phenoxy) is 1. The van der Waals surface area contributed by atoms with Crippen molar-refractivity contribution in [1.82, 2.24) is 9.62 Å². The fraction of sp³-hybridized carbons (Fsp3) is 0.333. The number of hydrogen-bond donors (Lipinski definition) is 1. The van der Waals surface area contributed by atoms with E-state index in [1.807, 2.05) is 12.1 Å². The maximum atomic E-state index is 14.0. The van der Waals surface area contributed by atoms with Gasteiger partial charge in [0, 0.05) is 38.1 Å². The monoisotopic (exact) mass is 457 g/mol. The minimum Gasteiger partial charge on any atom is -0.495 e. The van der Waals surface area contributed by atoms with E-state index in [9.17, 15) is 12.8 Å². The van der Waals surface area contributed by atoms with Gasteiger partial charge < -0.3 is 14.5 Å². The number of anilines is 1. The number of rotatable bonds is 7. The molecule has 1 heterocycles. The first-order chi connectivity index (χ1) is 15.4. The average Bonchev–Trinajstić information content (AvgIpc) is 2.81. The summed E-state index contributed by atoms with van der Waals surface area (Å²) < 4.78 is 48.2. The molecular formula is C24H28FN3O3S. The van der Waals surface area contributed by atoms with Crippen molar-refractivity contribution in [3.05, 3.63) is 66.0 Å². The molecule has 0 aromatic heterocycles. The van der Waals surface area contributed by atoms with Crippen molar-refractivity contribution in [2.75, 3.05) is 51.8 Å². The molecule has 1 saturated heterocycles. The maximum absolute atomic E-state index is 14.0. The number of piperazine rings is 1. The van der Waals surface area contributed by atoms with Gasteiger partial charge in [-0.15, -0.1) is 0 Å². The summed E-state index contributed by atoms with van der Waals surface area (Å²) in [6.07, 6.45) is 0.460. The molecule has 3 aromatic rings. The number of nitrogens with zero attached hydrogens (tertiary/aromatic N) is 2. The molecule has 0 radical (unpaired) electrons. The molecule has 0 unspecified atom stereocenters. The lowest BCUT2D eigenvalue weighted by Crippen LogP contribution is -2.44. The van der Waals surface area contributed by atoms with Crippen molar-refractivity contribution in [2.45, 2.75) is 11.3 Å². The van der Waals surface area contributed by atoms with E-state index < -0.39 is 10.0 Å². The second-order valence-electron chi connectivity index (χ2n) is 8.02. The lowest BCUT2D eigenvalue weighted by atomic mass is 10.0. The first kappa shape index (κ1) is 22.5. The fourth-order valence-corrected chi connectivity index (χ4v) is 5.13. The number of benzene rings is 3. The number of hydrogen-bond acceptors (Lipinski definition) is 5. The van der Waals surface area contributed by atoms with Gasteiger partial charge in [0.1, 0.15) is 11.6 Å². The Balaban J connectivity index is 1.50. The summed E-state index contributed by atoms with van der Waals surface area (Å²) in [6.45, 7) is 3.64. The third-order valence-corrected chi connectivity index (χ3v) is 7.41. The zero-order chi connectivity index (χ0) is 22.7. The number of fused-ring (bicyclic) bond motifs is 1. The van der Waals surface area contributed by atoms with Crippen LogP contribution in [-0.2, 0) is 16.4 Å². The third kappa shape index (κ3) is 4.72. The third-order valence-electron chi connectivity index (χ3n) is 5.95. The van der Waals surface area contributed by atoms with Crippen molar-refractivity contribution in [3.8, 4) is 5.75 Å². The molecule has 1 aliphatic heterocycles. The summed E-state index contributed by atoms with van der Waals surface area (Å²) in [6, 6.07) is 15.3. The highest BCUT2D eigenvalue weighted by atomic mass is 32.2. The van der Waals surface area contributed by atoms with E-state index in [-0.39, 0.29) is 17.3 Å². The topological polar surface area (TPSA) is 61.9 Å². The molecule has 32 heavy (non-hydrogen) atoms. The van der Waals surface area contributed by atoms with Gasteiger partial charge in [-0.05, 0) is 48.7 Å². The van der Waals surface area contributed by atoms with Gasteiger partial charge in [0.05, 0.1) is 17.7 Å². The highest BCUT2D eigenvalue weighted by Gasteiger charge is 2.22. The smallest absolute Gasteiger partial charge is 0.240 e. The molecule has 0 aliphatic carbocycles. The molecule has 4 rings (SSSR count). The predicted molar refractivity (Wildman–Crippen MR) is 126 cm³/mol. The van der Waals surface area contributed by atoms with E-state index in [0.29, 0.717) is 17.6 Å². The summed E-state index contributed by atoms with van der Waals surface area (Å²) in [4.78, 5) is 4.60. The van der Waals surface area contributed by atoms with Gasteiger partial charge in [0.15, 0.2) is 0 Å². The molecule has 0 bridgehead atoms. The molecule has 8 heteroatoms. The number of likely N-dealkylation sites (N-methyl/N-ethyl adjacent to an activating group) is 1. The minimum absolute atomic E-state index is 0.205. The predicted octanol–water partition coefficient (Wildman–Crippen LogP) is 3.26. The van der Waals surface area contributed by atoms with E-state index in [2.05, 4.69) is 21.6 Å². The Morgan fingerprint density at radius 3 is 2.44 bits per heavy atom. The van der Waals surface area contributed by atoms with E-state index in [0.717, 1.165) is 42.8 Å². The number of halogens is 1. The molecule has 170 valence electrons. The first-order valence-electron chi connectivity index (χ1n) is 10.7. The molecule has 0 atom stereocenters. The van der Waals surface area contributed by atoms with Gasteiger partial charge in [-0.25, -0.2) is 17.5 Å². The van der Waals surface area contributed by atoms with Crippen LogP contribution in [0.4, 0.5) is 10.1 Å². The van der Waals surface area contributed by atoms with E-state index in [1.54, 1.807) is 43.5 Å². The summed E-state index contributed by atoms with van der Waals surface area (Å²) in [5.41, 5.74) is 1.69. The Morgan fingerprint density at radius 2 is 1.72 bits per heavy atom. The molecule has 1 N–H and O–H groups in total. The van der Waals surface area contributed by atoms with Crippen molar-refractivity contribution < 1.29 is 17.5 Å². The summed E-state index contributed by atoms with van der Waals surface area (Å²) in [5, 5.41) is 1.34. The van der Waals surface area contributed by atoms with Crippen LogP contribution in [0.25, 0.3) is 10.8 Å². The highest BCUT2D eigenvalue weighted by Crippen LogP contribution is 2.31. The molecular weight excluding hydrogens is 429 g/mol. The Morgan fingerprint density at radius 1 is 1.00 bits per heavy atom. The number of sulfonamides is 1. The fourth-order valence-electron chi connectivity index (χ4n) is 4.08. The molecule has 1 aliphatic rings. The lowest BCUT2D eigenvalue weighted by Gasteiger charge is -2.34. The van der Waals surface area contributed by atoms with Crippen LogP contribution >= 0.6 is 0 Å². The Kier molecular flexibility index (Phi) is 6.64. The van der Waals surface area contributed by atoms with Crippen molar-refractivity contribution in [2.24, 2.45) is 0 Å². The van der Waals surface area contributed by atoms with Gasteiger partial charge in [-0.3, -0.25) is 0 Å². The summed E-state index contributed by atoms with van der Waals surface area (Å²) in [7, 11) is -0.0408. The van der Waals surface area contributed by atoms with Gasteiger partial charge >= 0.3 is 0 Å². The van der Waals surface area contributed by atoms with Crippen LogP contribution in [0.15, 0.2) is 59.5 Å². The van der Waals surface area contributed by atoms with Crippen molar-refractivity contribution >= 4 is 26.5 Å². The second kappa shape index (κ2) is 9.44. The SMILES string of the molecule is COc1ccc(S(=O)(=O)NCCc2ccc(F)c3ccccc23)cc1N1CCN(C)CC1. The van der Waals surface area contributed by atoms with Crippen molar-refractivity contribution in [3.63, 3.8) is 0 Å². The highest BCUT2D eigenvalue weighted by molar-refractivity contribution is 7.89. The molecule has 0 spiro atoms. The lowest BCUT2D eigenvalue weighted by molar-refractivity contribution is 0.311. The number of methoxy groups -OCH3 is 1. The van der Waals surface area contributed by atoms with E-state index >= 15 is 0 Å². The summed E-state index contributed by atoms with van der Waals surface area (Å²) >= 11 is 0. The Hall–Kier alpha value is -2.68. The normalized spacial score (nSPS) is 15.3. The zero-order valence-electron chi connectivity index (χ0n) is 18.3. The zero-order valence-corrected chi connectivity index (χ0v) is 19.2. The molecule has 3 aromatic carbocycles. The van der Waals surface area contributed by atoms with Crippen molar-refractivity contribution in [1.29, 1.82) is 0 Å². The van der Waals surface area contributed by atoms with Crippen LogP contribution in [-0.4, -0.2) is 60.2 Å². The van der Waals surface area contributed by atoms with Crippen LogP contribution in [0.1, 0.15) is 5.56 Å². The van der Waals surface area contributed by atoms with Crippen LogP contribution in [0.5, 0.6) is 5.75 Å². The van der Waals surface area contributed by atoms with Gasteiger partial charge in [-0.1, -0.05) is 30.3 Å². The van der Waals surface area contributed by atoms with E-state index in [4.69, 9.17) is 4.74 Å². The maximum Gasteiger partial charge on any atom is 0.240 e. The quantitative estimate of drug-likeness (QED) is 0.590. The molecule has 0 amide bonds. The second-order valence-corrected chi connectivity index (χ2v) is 9.79. The van der Waals surface area contributed by atoms with Crippen LogP contribution in [0, 0.1) is 5.82 Å². The average molecular weight is 458 g/mol. The molecule has 0 saturated carbocycles. The van der Waals surface area contributed by atoms with Crippen LogP contribution in [0.3, 0.4) is 0 Å². The van der Waals surface area contributed by atoms with Gasteiger partial charge in [0.2, 0.25) is 10.0 Å². The standard InChI is InChI=1S/C24H28FN3O3S/c1-27-13-15-28(16-14-27)23-17-19(8-10-24(23)31-2)32(29,30)26-12-11-18-7-9-22(25)21-6-4-3-5-20(18)21/h3-10,17,26H,11-16H2,1-2H3. The first-order valence-corrected chi connectivity index (χ1v) is 12.1. The van der Waals surface area contributed by atoms with Crippen LogP contribution in [0.2, 0.25) is 0 Å². The van der Waals surface area contributed by atoms with Gasteiger partial charge in [-0.2, -0.15) is 0 Å². The largest absolute Gasteiger partial charge is 0.495 e. The summed E-state index contributed by atoms with van der Waals surface area (Å²) in [5.74, 6) is 0.380. The van der Waals surface area contributed by atoms with E-state index in [1.165, 1.54) is 6.07 Å². The van der Waals surface area contributed by atoms with Crippen LogP contribution < -0.4 is 14.4 Å². The van der Waals surface area contributed by atoms with Gasteiger partial charge in [0.25, 0.3) is 0 Å². The molecule has 1 fully saturated rings. The molecule has 6 nitrogen and oxygen atoms in total.